The SMILES string of the molecule is COc1ccc(C(C)NC(=O)Nc2nnc(C)s2)cc1OC. The van der Waals surface area contributed by atoms with Crippen LogP contribution in [0.4, 0.5) is 9.93 Å². The Balaban J connectivity index is 2.02. The van der Waals surface area contributed by atoms with E-state index in [0.29, 0.717) is 16.6 Å². The highest BCUT2D eigenvalue weighted by molar-refractivity contribution is 7.15. The van der Waals surface area contributed by atoms with E-state index in [-0.39, 0.29) is 12.1 Å². The molecule has 8 heteroatoms. The molecule has 1 aromatic heterocycles. The zero-order chi connectivity index (χ0) is 16.1. The molecule has 0 aliphatic carbocycles. The fourth-order valence-corrected chi connectivity index (χ4v) is 2.47. The van der Waals surface area contributed by atoms with Gasteiger partial charge in [-0.3, -0.25) is 5.32 Å². The minimum absolute atomic E-state index is 0.200. The van der Waals surface area contributed by atoms with Gasteiger partial charge < -0.3 is 14.8 Å². The quantitative estimate of drug-likeness (QED) is 0.884. The Kier molecular flexibility index (Phi) is 5.16. The number of nitrogens with one attached hydrogen (secondary N) is 2. The van der Waals surface area contributed by atoms with Gasteiger partial charge in [-0.25, -0.2) is 4.79 Å². The third-order valence-corrected chi connectivity index (χ3v) is 3.76. The lowest BCUT2D eigenvalue weighted by atomic mass is 10.1. The average molecular weight is 322 g/mol. The molecule has 2 rings (SSSR count). The van der Waals surface area contributed by atoms with Crippen LogP contribution in [0.3, 0.4) is 0 Å². The van der Waals surface area contributed by atoms with Crippen molar-refractivity contribution in [2.24, 2.45) is 0 Å². The molecular weight excluding hydrogens is 304 g/mol. The number of benzene rings is 1. The number of carbonyl (C=O) groups is 1. The van der Waals surface area contributed by atoms with E-state index < -0.39 is 0 Å². The standard InChI is InChI=1S/C14H18N4O3S/c1-8(10-5-6-11(20-3)12(7-10)21-4)15-13(19)16-14-18-17-9(2)22-14/h5-8H,1-4H3,(H2,15,16,18,19). The van der Waals surface area contributed by atoms with Crippen LogP contribution in [0.15, 0.2) is 18.2 Å². The number of aryl methyl sites for hydroxylation is 1. The molecular formula is C14H18N4O3S. The summed E-state index contributed by atoms with van der Waals surface area (Å²) in [6.45, 7) is 3.71. The van der Waals surface area contributed by atoms with Gasteiger partial charge in [0.1, 0.15) is 5.01 Å². The van der Waals surface area contributed by atoms with E-state index in [9.17, 15) is 4.79 Å². The van der Waals surface area contributed by atoms with Gasteiger partial charge in [0.2, 0.25) is 5.13 Å². The first-order valence-electron chi connectivity index (χ1n) is 6.63. The van der Waals surface area contributed by atoms with Crippen molar-refractivity contribution in [1.82, 2.24) is 15.5 Å². The van der Waals surface area contributed by atoms with Gasteiger partial charge in [-0.2, -0.15) is 0 Å². The monoisotopic (exact) mass is 322 g/mol. The Morgan fingerprint density at radius 3 is 2.55 bits per heavy atom. The predicted octanol–water partition coefficient (Wildman–Crippen LogP) is 2.75. The summed E-state index contributed by atoms with van der Waals surface area (Å²) >= 11 is 1.32. The second kappa shape index (κ2) is 7.08. The minimum Gasteiger partial charge on any atom is -0.493 e. The molecule has 1 unspecified atom stereocenters. The summed E-state index contributed by atoms with van der Waals surface area (Å²) in [6, 6.07) is 4.98. The molecule has 1 atom stereocenters. The smallest absolute Gasteiger partial charge is 0.321 e. The Morgan fingerprint density at radius 1 is 1.23 bits per heavy atom. The van der Waals surface area contributed by atoms with Crippen molar-refractivity contribution >= 4 is 22.5 Å². The Morgan fingerprint density at radius 2 is 1.95 bits per heavy atom. The summed E-state index contributed by atoms with van der Waals surface area (Å²) in [5, 5.41) is 14.4. The zero-order valence-corrected chi connectivity index (χ0v) is 13.7. The molecule has 22 heavy (non-hydrogen) atoms. The average Bonchev–Trinajstić information content (AvgIpc) is 2.91. The van der Waals surface area contributed by atoms with Crippen LogP contribution in [-0.4, -0.2) is 30.4 Å². The number of aromatic nitrogens is 2. The summed E-state index contributed by atoms with van der Waals surface area (Å²) in [6.07, 6.45) is 0. The summed E-state index contributed by atoms with van der Waals surface area (Å²) < 4.78 is 10.5. The van der Waals surface area contributed by atoms with Gasteiger partial charge in [0.25, 0.3) is 0 Å². The van der Waals surface area contributed by atoms with Gasteiger partial charge in [0.15, 0.2) is 11.5 Å². The van der Waals surface area contributed by atoms with Crippen molar-refractivity contribution in [3.05, 3.63) is 28.8 Å². The highest BCUT2D eigenvalue weighted by atomic mass is 32.1. The molecule has 118 valence electrons. The van der Waals surface area contributed by atoms with Gasteiger partial charge in [-0.1, -0.05) is 17.4 Å². The Bertz CT molecular complexity index is 659. The van der Waals surface area contributed by atoms with Gasteiger partial charge in [-0.15, -0.1) is 10.2 Å². The van der Waals surface area contributed by atoms with Gasteiger partial charge >= 0.3 is 6.03 Å². The molecule has 0 fully saturated rings. The van der Waals surface area contributed by atoms with E-state index in [1.807, 2.05) is 26.0 Å². The first kappa shape index (κ1) is 16.0. The number of hydrogen-bond acceptors (Lipinski definition) is 6. The fourth-order valence-electron chi connectivity index (χ4n) is 1.88. The largest absolute Gasteiger partial charge is 0.493 e. The lowest BCUT2D eigenvalue weighted by Gasteiger charge is -2.16. The third-order valence-electron chi connectivity index (χ3n) is 3.00. The molecule has 1 heterocycles. The maximum atomic E-state index is 11.9. The van der Waals surface area contributed by atoms with E-state index in [0.717, 1.165) is 10.6 Å². The van der Waals surface area contributed by atoms with Crippen molar-refractivity contribution < 1.29 is 14.3 Å². The van der Waals surface area contributed by atoms with Gasteiger partial charge in [0, 0.05) is 0 Å². The van der Waals surface area contributed by atoms with Gasteiger partial charge in [0.05, 0.1) is 20.3 Å². The number of hydrogen-bond donors (Lipinski definition) is 2. The highest BCUT2D eigenvalue weighted by Crippen LogP contribution is 2.29. The molecule has 0 radical (unpaired) electrons. The van der Waals surface area contributed by atoms with E-state index in [4.69, 9.17) is 9.47 Å². The number of ether oxygens (including phenoxy) is 2. The Labute approximate surface area is 132 Å². The topological polar surface area (TPSA) is 85.4 Å². The summed E-state index contributed by atoms with van der Waals surface area (Å²) in [7, 11) is 3.15. The zero-order valence-electron chi connectivity index (χ0n) is 12.8. The van der Waals surface area contributed by atoms with Crippen molar-refractivity contribution in [3.63, 3.8) is 0 Å². The van der Waals surface area contributed by atoms with E-state index in [2.05, 4.69) is 20.8 Å². The van der Waals surface area contributed by atoms with Crippen molar-refractivity contribution in [2.75, 3.05) is 19.5 Å². The van der Waals surface area contributed by atoms with Crippen LogP contribution in [0.25, 0.3) is 0 Å². The molecule has 2 N–H and O–H groups in total. The lowest BCUT2D eigenvalue weighted by Crippen LogP contribution is -2.31. The van der Waals surface area contributed by atoms with E-state index in [1.54, 1.807) is 20.3 Å². The number of methoxy groups -OCH3 is 2. The summed E-state index contributed by atoms with van der Waals surface area (Å²) in [5.74, 6) is 1.26. The summed E-state index contributed by atoms with van der Waals surface area (Å²) in [4.78, 5) is 11.9. The molecule has 0 saturated heterocycles. The Hall–Kier alpha value is -2.35. The van der Waals surface area contributed by atoms with Crippen molar-refractivity contribution in [2.45, 2.75) is 19.9 Å². The molecule has 0 aliphatic rings. The van der Waals surface area contributed by atoms with Crippen LogP contribution in [0.2, 0.25) is 0 Å². The number of rotatable bonds is 5. The van der Waals surface area contributed by atoms with Gasteiger partial charge in [-0.05, 0) is 31.5 Å². The number of anilines is 1. The molecule has 0 spiro atoms. The maximum Gasteiger partial charge on any atom is 0.321 e. The normalized spacial score (nSPS) is 11.6. The first-order valence-corrected chi connectivity index (χ1v) is 7.44. The second-order valence-electron chi connectivity index (χ2n) is 4.56. The van der Waals surface area contributed by atoms with Crippen LogP contribution in [0.5, 0.6) is 11.5 Å². The number of urea groups is 1. The number of nitrogens with zero attached hydrogens (tertiary/aromatic N) is 2. The highest BCUT2D eigenvalue weighted by Gasteiger charge is 2.13. The predicted molar refractivity (Wildman–Crippen MR) is 84.8 cm³/mol. The van der Waals surface area contributed by atoms with Crippen LogP contribution < -0.4 is 20.1 Å². The van der Waals surface area contributed by atoms with E-state index in [1.165, 1.54) is 11.3 Å². The minimum atomic E-state index is -0.335. The fraction of sp³-hybridized carbons (Fsp3) is 0.357. The van der Waals surface area contributed by atoms with Crippen LogP contribution >= 0.6 is 11.3 Å². The molecule has 0 saturated carbocycles. The van der Waals surface area contributed by atoms with Crippen molar-refractivity contribution in [3.8, 4) is 11.5 Å². The molecule has 0 bridgehead atoms. The van der Waals surface area contributed by atoms with Crippen LogP contribution in [0.1, 0.15) is 23.5 Å². The third kappa shape index (κ3) is 3.85. The van der Waals surface area contributed by atoms with Crippen LogP contribution in [0, 0.1) is 6.92 Å². The number of amides is 2. The lowest BCUT2D eigenvalue weighted by molar-refractivity contribution is 0.249. The molecule has 0 aliphatic heterocycles. The summed E-state index contributed by atoms with van der Waals surface area (Å²) in [5.41, 5.74) is 0.904. The number of carbonyl (C=O) groups excluding carboxylic acids is 1. The molecule has 1 aromatic carbocycles. The molecule has 2 amide bonds. The van der Waals surface area contributed by atoms with Crippen molar-refractivity contribution in [1.29, 1.82) is 0 Å². The molecule has 7 nitrogen and oxygen atoms in total. The maximum absolute atomic E-state index is 11.9. The molecule has 2 aromatic rings. The first-order chi connectivity index (χ1) is 10.5. The van der Waals surface area contributed by atoms with E-state index >= 15 is 0 Å². The van der Waals surface area contributed by atoms with Crippen LogP contribution in [-0.2, 0) is 0 Å². The second-order valence-corrected chi connectivity index (χ2v) is 5.74.